The van der Waals surface area contributed by atoms with Crippen LogP contribution in [0.1, 0.15) is 31.7 Å². The molecule has 0 aliphatic heterocycles. The monoisotopic (exact) mass is 261 g/mol. The van der Waals surface area contributed by atoms with Crippen LogP contribution in [0.15, 0.2) is 18.2 Å². The first-order chi connectivity index (χ1) is 8.28. The van der Waals surface area contributed by atoms with E-state index in [1.807, 2.05) is 6.92 Å². The van der Waals surface area contributed by atoms with E-state index in [-0.39, 0.29) is 18.2 Å². The fourth-order valence-corrected chi connectivity index (χ4v) is 1.66. The molecular weight excluding hydrogens is 243 g/mol. The van der Waals surface area contributed by atoms with Gasteiger partial charge in [-0.25, -0.2) is 0 Å². The molecule has 0 fully saturated rings. The number of phenols is 1. The summed E-state index contributed by atoms with van der Waals surface area (Å²) in [5, 5.41) is 12.6. The molecule has 18 heavy (non-hydrogen) atoms. The number of halogens is 3. The normalized spacial score (nSPS) is 13.4. The molecule has 1 atom stereocenters. The lowest BCUT2D eigenvalue weighted by molar-refractivity contribution is -0.135. The van der Waals surface area contributed by atoms with E-state index in [1.54, 1.807) is 25.1 Å². The molecule has 1 rings (SSSR count). The van der Waals surface area contributed by atoms with Crippen molar-refractivity contribution in [1.29, 1.82) is 0 Å². The molecule has 5 heteroatoms. The molecule has 0 aliphatic carbocycles. The molecule has 2 nitrogen and oxygen atoms in total. The summed E-state index contributed by atoms with van der Waals surface area (Å²) < 4.78 is 35.9. The number of nitrogens with one attached hydrogen (secondary N) is 1. The van der Waals surface area contributed by atoms with Gasteiger partial charge in [-0.2, -0.15) is 13.2 Å². The van der Waals surface area contributed by atoms with Crippen LogP contribution in [0, 0.1) is 6.92 Å². The summed E-state index contributed by atoms with van der Waals surface area (Å²) in [6.07, 6.45) is -4.29. The number of alkyl halides is 3. The van der Waals surface area contributed by atoms with Gasteiger partial charge in [0.2, 0.25) is 0 Å². The standard InChI is InChI=1S/C13H18F3NO/c1-9-5-6-11(8-12(9)18)17-10(2)4-3-7-13(14,15)16/h5-6,8,10,17-18H,3-4,7H2,1-2H3. The highest BCUT2D eigenvalue weighted by Crippen LogP contribution is 2.24. The molecule has 0 aromatic heterocycles. The number of phenolic OH excluding ortho intramolecular Hbond substituents is 1. The number of aromatic hydroxyl groups is 1. The topological polar surface area (TPSA) is 32.3 Å². The Morgan fingerprint density at radius 3 is 2.56 bits per heavy atom. The molecule has 0 saturated heterocycles. The Bertz CT molecular complexity index is 390. The maximum atomic E-state index is 12.0. The first kappa shape index (κ1) is 14.7. The minimum atomic E-state index is -4.08. The summed E-state index contributed by atoms with van der Waals surface area (Å²) in [4.78, 5) is 0. The zero-order chi connectivity index (χ0) is 13.8. The van der Waals surface area contributed by atoms with Crippen molar-refractivity contribution in [1.82, 2.24) is 0 Å². The van der Waals surface area contributed by atoms with E-state index in [9.17, 15) is 18.3 Å². The smallest absolute Gasteiger partial charge is 0.389 e. The predicted octanol–water partition coefficient (Wildman–Crippen LogP) is 4.23. The molecule has 0 spiro atoms. The van der Waals surface area contributed by atoms with Crippen molar-refractivity contribution < 1.29 is 18.3 Å². The van der Waals surface area contributed by atoms with Crippen LogP contribution in [0.25, 0.3) is 0 Å². The van der Waals surface area contributed by atoms with Crippen molar-refractivity contribution in [3.05, 3.63) is 23.8 Å². The molecule has 0 saturated carbocycles. The first-order valence-corrected chi connectivity index (χ1v) is 5.91. The van der Waals surface area contributed by atoms with Crippen molar-refractivity contribution in [2.24, 2.45) is 0 Å². The van der Waals surface area contributed by atoms with E-state index in [0.29, 0.717) is 6.42 Å². The Labute approximate surface area is 105 Å². The van der Waals surface area contributed by atoms with Crippen molar-refractivity contribution in [2.75, 3.05) is 5.32 Å². The second-order valence-corrected chi connectivity index (χ2v) is 4.55. The molecule has 0 bridgehead atoms. The summed E-state index contributed by atoms with van der Waals surface area (Å²) in [6.45, 7) is 3.61. The minimum Gasteiger partial charge on any atom is -0.508 e. The van der Waals surface area contributed by atoms with Gasteiger partial charge in [0.05, 0.1) is 0 Å². The molecule has 102 valence electrons. The van der Waals surface area contributed by atoms with Gasteiger partial charge in [-0.15, -0.1) is 0 Å². The molecule has 1 aromatic carbocycles. The van der Waals surface area contributed by atoms with Crippen LogP contribution in [0.2, 0.25) is 0 Å². The highest BCUT2D eigenvalue weighted by molar-refractivity contribution is 5.51. The lowest BCUT2D eigenvalue weighted by Crippen LogP contribution is -2.16. The zero-order valence-corrected chi connectivity index (χ0v) is 10.5. The molecule has 1 unspecified atom stereocenters. The quantitative estimate of drug-likeness (QED) is 0.831. The third kappa shape index (κ3) is 5.29. The maximum Gasteiger partial charge on any atom is 0.389 e. The van der Waals surface area contributed by atoms with Gasteiger partial charge < -0.3 is 10.4 Å². The second-order valence-electron chi connectivity index (χ2n) is 4.55. The SMILES string of the molecule is Cc1ccc(NC(C)CCCC(F)(F)F)cc1O. The summed E-state index contributed by atoms with van der Waals surface area (Å²) in [6, 6.07) is 5.08. The molecule has 2 N–H and O–H groups in total. The Morgan fingerprint density at radius 1 is 1.33 bits per heavy atom. The number of hydrogen-bond acceptors (Lipinski definition) is 2. The minimum absolute atomic E-state index is 0.0607. The van der Waals surface area contributed by atoms with Crippen LogP contribution in [-0.2, 0) is 0 Å². The summed E-state index contributed by atoms with van der Waals surface area (Å²) >= 11 is 0. The molecule has 0 amide bonds. The highest BCUT2D eigenvalue weighted by atomic mass is 19.4. The predicted molar refractivity (Wildman–Crippen MR) is 65.8 cm³/mol. The highest BCUT2D eigenvalue weighted by Gasteiger charge is 2.26. The van der Waals surface area contributed by atoms with Crippen LogP contribution in [-0.4, -0.2) is 17.3 Å². The largest absolute Gasteiger partial charge is 0.508 e. The van der Waals surface area contributed by atoms with Crippen molar-refractivity contribution in [3.8, 4) is 5.75 Å². The van der Waals surface area contributed by atoms with E-state index in [1.165, 1.54) is 0 Å². The molecular formula is C13H18F3NO. The van der Waals surface area contributed by atoms with Crippen molar-refractivity contribution >= 4 is 5.69 Å². The van der Waals surface area contributed by atoms with E-state index < -0.39 is 12.6 Å². The zero-order valence-electron chi connectivity index (χ0n) is 10.5. The van der Waals surface area contributed by atoms with Gasteiger partial charge in [0.1, 0.15) is 5.75 Å². The average molecular weight is 261 g/mol. The van der Waals surface area contributed by atoms with Gasteiger partial charge in [0.25, 0.3) is 0 Å². The first-order valence-electron chi connectivity index (χ1n) is 5.91. The van der Waals surface area contributed by atoms with E-state index in [2.05, 4.69) is 5.32 Å². The summed E-state index contributed by atoms with van der Waals surface area (Å²) in [7, 11) is 0. The van der Waals surface area contributed by atoms with E-state index in [4.69, 9.17) is 0 Å². The van der Waals surface area contributed by atoms with Crippen LogP contribution >= 0.6 is 0 Å². The lowest BCUT2D eigenvalue weighted by Gasteiger charge is -2.16. The fourth-order valence-electron chi connectivity index (χ4n) is 1.66. The van der Waals surface area contributed by atoms with Crippen LogP contribution in [0.4, 0.5) is 18.9 Å². The number of benzene rings is 1. The summed E-state index contributed by atoms with van der Waals surface area (Å²) in [5.41, 5.74) is 1.49. The Kier molecular flexibility index (Phi) is 4.87. The van der Waals surface area contributed by atoms with Gasteiger partial charge in [-0.3, -0.25) is 0 Å². The third-order valence-electron chi connectivity index (χ3n) is 2.72. The Hall–Kier alpha value is -1.39. The lowest BCUT2D eigenvalue weighted by atomic mass is 10.1. The van der Waals surface area contributed by atoms with Gasteiger partial charge in [-0.1, -0.05) is 6.07 Å². The number of hydrogen-bond donors (Lipinski definition) is 2. The third-order valence-corrected chi connectivity index (χ3v) is 2.72. The van der Waals surface area contributed by atoms with Crippen molar-refractivity contribution in [2.45, 2.75) is 45.3 Å². The average Bonchev–Trinajstić information content (AvgIpc) is 2.21. The number of aryl methyl sites for hydroxylation is 1. The molecule has 0 radical (unpaired) electrons. The Balaban J connectivity index is 2.40. The molecule has 0 aliphatic rings. The van der Waals surface area contributed by atoms with Crippen LogP contribution < -0.4 is 5.32 Å². The Morgan fingerprint density at radius 2 is 2.00 bits per heavy atom. The van der Waals surface area contributed by atoms with Crippen molar-refractivity contribution in [3.63, 3.8) is 0 Å². The van der Waals surface area contributed by atoms with E-state index >= 15 is 0 Å². The second kappa shape index (κ2) is 5.98. The number of anilines is 1. The summed E-state index contributed by atoms with van der Waals surface area (Å²) in [5.74, 6) is 0.183. The van der Waals surface area contributed by atoms with E-state index in [0.717, 1.165) is 11.3 Å². The maximum absolute atomic E-state index is 12.0. The van der Waals surface area contributed by atoms with Gasteiger partial charge in [0, 0.05) is 24.2 Å². The van der Waals surface area contributed by atoms with Gasteiger partial charge >= 0.3 is 6.18 Å². The van der Waals surface area contributed by atoms with Gasteiger partial charge in [-0.05, 0) is 38.3 Å². The fraction of sp³-hybridized carbons (Fsp3) is 0.538. The van der Waals surface area contributed by atoms with Crippen LogP contribution in [0.3, 0.4) is 0 Å². The molecule has 0 heterocycles. The van der Waals surface area contributed by atoms with Crippen LogP contribution in [0.5, 0.6) is 5.75 Å². The van der Waals surface area contributed by atoms with Gasteiger partial charge in [0.15, 0.2) is 0 Å². The number of rotatable bonds is 5. The molecule has 1 aromatic rings.